The van der Waals surface area contributed by atoms with Crippen molar-refractivity contribution >= 4 is 0 Å². The molecule has 3 heteroatoms. The fourth-order valence-corrected chi connectivity index (χ4v) is 3.15. The van der Waals surface area contributed by atoms with Gasteiger partial charge in [-0.05, 0) is 56.5 Å². The van der Waals surface area contributed by atoms with E-state index in [9.17, 15) is 5.11 Å². The molecule has 2 rings (SSSR count). The molecule has 0 aromatic carbocycles. The molecule has 2 aliphatic rings. The highest BCUT2D eigenvalue weighted by Gasteiger charge is 2.44. The fraction of sp³-hybridized carbons (Fsp3) is 1.00. The van der Waals surface area contributed by atoms with E-state index in [-0.39, 0.29) is 0 Å². The lowest BCUT2D eigenvalue weighted by atomic mass is 9.86. The highest BCUT2D eigenvalue weighted by molar-refractivity contribution is 4.98. The summed E-state index contributed by atoms with van der Waals surface area (Å²) in [6, 6.07) is 0. The van der Waals surface area contributed by atoms with Crippen molar-refractivity contribution in [3.05, 3.63) is 0 Å². The van der Waals surface area contributed by atoms with Gasteiger partial charge < -0.3 is 15.7 Å². The number of nitrogens with two attached hydrogens (primary N) is 1. The maximum Gasteiger partial charge on any atom is 0.0923 e. The molecule has 0 spiro atoms. The van der Waals surface area contributed by atoms with Gasteiger partial charge in [0.2, 0.25) is 0 Å². The summed E-state index contributed by atoms with van der Waals surface area (Å²) in [6.45, 7) is 8.12. The van der Waals surface area contributed by atoms with Crippen LogP contribution in [-0.2, 0) is 0 Å². The highest BCUT2D eigenvalue weighted by Crippen LogP contribution is 2.40. The van der Waals surface area contributed by atoms with Crippen molar-refractivity contribution in [1.29, 1.82) is 0 Å². The van der Waals surface area contributed by atoms with E-state index < -0.39 is 5.60 Å². The van der Waals surface area contributed by atoms with Crippen molar-refractivity contribution in [3.8, 4) is 0 Å². The molecule has 1 saturated heterocycles. The predicted molar refractivity (Wildman–Crippen MR) is 70.7 cm³/mol. The number of rotatable bonds is 5. The van der Waals surface area contributed by atoms with Crippen LogP contribution >= 0.6 is 0 Å². The van der Waals surface area contributed by atoms with Crippen molar-refractivity contribution in [2.45, 2.75) is 45.1 Å². The van der Waals surface area contributed by atoms with Crippen LogP contribution in [0.2, 0.25) is 0 Å². The van der Waals surface area contributed by atoms with Crippen molar-refractivity contribution in [2.24, 2.45) is 23.5 Å². The first-order valence-corrected chi connectivity index (χ1v) is 7.20. The minimum atomic E-state index is -0.606. The Morgan fingerprint density at radius 3 is 2.24 bits per heavy atom. The van der Waals surface area contributed by atoms with Gasteiger partial charge in [0.15, 0.2) is 0 Å². The number of piperidine rings is 1. The van der Waals surface area contributed by atoms with Gasteiger partial charge in [-0.2, -0.15) is 0 Å². The average molecular weight is 240 g/mol. The number of β-amino-alcohol motifs (C(OH)–C–C–N with tert-alkyl or cyclic N) is 1. The molecular weight excluding hydrogens is 212 g/mol. The van der Waals surface area contributed by atoms with E-state index in [4.69, 9.17) is 5.73 Å². The quantitative estimate of drug-likeness (QED) is 0.765. The number of hydrogen-bond acceptors (Lipinski definition) is 3. The minimum Gasteiger partial charge on any atom is -0.387 e. The Kier molecular flexibility index (Phi) is 4.11. The molecule has 1 aliphatic heterocycles. The van der Waals surface area contributed by atoms with Crippen molar-refractivity contribution in [2.75, 3.05) is 26.2 Å². The zero-order valence-corrected chi connectivity index (χ0v) is 11.4. The molecule has 100 valence electrons. The molecule has 0 amide bonds. The summed E-state index contributed by atoms with van der Waals surface area (Å²) < 4.78 is 0. The number of nitrogens with zero attached hydrogens (tertiary/aromatic N) is 1. The highest BCUT2D eigenvalue weighted by atomic mass is 16.3. The Morgan fingerprint density at radius 1 is 1.24 bits per heavy atom. The maximum atomic E-state index is 10.5. The van der Waals surface area contributed by atoms with Crippen molar-refractivity contribution < 1.29 is 5.11 Å². The van der Waals surface area contributed by atoms with Crippen LogP contribution in [0.15, 0.2) is 0 Å². The molecule has 0 aromatic heterocycles. The molecule has 1 heterocycles. The first-order valence-electron chi connectivity index (χ1n) is 7.20. The Balaban J connectivity index is 1.80. The zero-order valence-electron chi connectivity index (χ0n) is 11.4. The number of likely N-dealkylation sites (tertiary alicyclic amines) is 1. The summed E-state index contributed by atoms with van der Waals surface area (Å²) >= 11 is 0. The van der Waals surface area contributed by atoms with Crippen LogP contribution in [0.5, 0.6) is 0 Å². The largest absolute Gasteiger partial charge is 0.387 e. The van der Waals surface area contributed by atoms with Gasteiger partial charge in [-0.15, -0.1) is 0 Å². The van der Waals surface area contributed by atoms with Gasteiger partial charge in [-0.1, -0.05) is 13.8 Å². The average Bonchev–Trinajstić information content (AvgIpc) is 3.13. The Morgan fingerprint density at radius 2 is 1.82 bits per heavy atom. The summed E-state index contributed by atoms with van der Waals surface area (Å²) in [6.07, 6.45) is 4.89. The summed E-state index contributed by atoms with van der Waals surface area (Å²) in [7, 11) is 0. The van der Waals surface area contributed by atoms with Gasteiger partial charge in [0.1, 0.15) is 0 Å². The van der Waals surface area contributed by atoms with Gasteiger partial charge in [-0.25, -0.2) is 0 Å². The zero-order chi connectivity index (χ0) is 12.5. The standard InChI is InChI=1S/C14H28N2O/c1-11(2)12-5-7-16(8-6-12)10-14(17,9-15)13-3-4-13/h11-13,17H,3-10,15H2,1-2H3. The molecule has 0 aromatic rings. The number of aliphatic hydroxyl groups is 1. The Hall–Kier alpha value is -0.120. The van der Waals surface area contributed by atoms with Crippen LogP contribution in [-0.4, -0.2) is 41.8 Å². The van der Waals surface area contributed by atoms with Crippen LogP contribution in [0.3, 0.4) is 0 Å². The number of hydrogen-bond donors (Lipinski definition) is 2. The van der Waals surface area contributed by atoms with E-state index in [1.807, 2.05) is 0 Å². The monoisotopic (exact) mass is 240 g/mol. The molecule has 0 radical (unpaired) electrons. The van der Waals surface area contributed by atoms with E-state index in [1.54, 1.807) is 0 Å². The topological polar surface area (TPSA) is 49.5 Å². The normalized spacial score (nSPS) is 27.4. The lowest BCUT2D eigenvalue weighted by Crippen LogP contribution is -2.52. The van der Waals surface area contributed by atoms with E-state index in [0.717, 1.165) is 44.3 Å². The van der Waals surface area contributed by atoms with Gasteiger partial charge in [0, 0.05) is 13.1 Å². The molecule has 17 heavy (non-hydrogen) atoms. The Bertz CT molecular complexity index is 245. The second-order valence-electron chi connectivity index (χ2n) is 6.44. The van der Waals surface area contributed by atoms with Crippen molar-refractivity contribution in [3.63, 3.8) is 0 Å². The van der Waals surface area contributed by atoms with Crippen LogP contribution in [0.4, 0.5) is 0 Å². The molecule has 1 aliphatic carbocycles. The van der Waals surface area contributed by atoms with Crippen molar-refractivity contribution in [1.82, 2.24) is 4.90 Å². The van der Waals surface area contributed by atoms with Crippen LogP contribution in [0.25, 0.3) is 0 Å². The first-order chi connectivity index (χ1) is 8.05. The molecular formula is C14H28N2O. The third-order valence-electron chi connectivity index (χ3n) is 4.76. The van der Waals surface area contributed by atoms with Crippen LogP contribution in [0, 0.1) is 17.8 Å². The van der Waals surface area contributed by atoms with Crippen LogP contribution in [0.1, 0.15) is 39.5 Å². The third kappa shape index (κ3) is 3.21. The summed E-state index contributed by atoms with van der Waals surface area (Å²) in [5.41, 5.74) is 5.16. The molecule has 1 atom stereocenters. The van der Waals surface area contributed by atoms with Crippen LogP contribution < -0.4 is 5.73 Å². The third-order valence-corrected chi connectivity index (χ3v) is 4.76. The van der Waals surface area contributed by atoms with Gasteiger partial charge in [0.25, 0.3) is 0 Å². The lowest BCUT2D eigenvalue weighted by molar-refractivity contribution is -0.0178. The van der Waals surface area contributed by atoms with E-state index >= 15 is 0 Å². The Labute approximate surface area is 105 Å². The van der Waals surface area contributed by atoms with E-state index in [2.05, 4.69) is 18.7 Å². The van der Waals surface area contributed by atoms with E-state index in [0.29, 0.717) is 12.5 Å². The fourth-order valence-electron chi connectivity index (χ4n) is 3.15. The second kappa shape index (κ2) is 5.25. The lowest BCUT2D eigenvalue weighted by Gasteiger charge is -2.39. The SMILES string of the molecule is CC(C)C1CCN(CC(O)(CN)C2CC2)CC1. The summed E-state index contributed by atoms with van der Waals surface area (Å²) in [4.78, 5) is 2.42. The second-order valence-corrected chi connectivity index (χ2v) is 6.44. The summed E-state index contributed by atoms with van der Waals surface area (Å²) in [5.74, 6) is 2.14. The predicted octanol–water partition coefficient (Wildman–Crippen LogP) is 1.45. The van der Waals surface area contributed by atoms with Gasteiger partial charge >= 0.3 is 0 Å². The molecule has 0 bridgehead atoms. The minimum absolute atomic E-state index is 0.418. The van der Waals surface area contributed by atoms with E-state index in [1.165, 1.54) is 12.8 Å². The molecule has 2 fully saturated rings. The maximum absolute atomic E-state index is 10.5. The molecule has 1 saturated carbocycles. The first kappa shape index (κ1) is 13.3. The smallest absolute Gasteiger partial charge is 0.0923 e. The van der Waals surface area contributed by atoms with Gasteiger partial charge in [0.05, 0.1) is 5.60 Å². The molecule has 3 nitrogen and oxygen atoms in total. The molecule has 1 unspecified atom stereocenters. The summed E-state index contributed by atoms with van der Waals surface area (Å²) in [5, 5.41) is 10.5. The molecule has 3 N–H and O–H groups in total. The van der Waals surface area contributed by atoms with Gasteiger partial charge in [-0.3, -0.25) is 0 Å².